The van der Waals surface area contributed by atoms with E-state index in [0.717, 1.165) is 41.3 Å². The van der Waals surface area contributed by atoms with Gasteiger partial charge in [0, 0.05) is 35.5 Å². The highest BCUT2D eigenvalue weighted by Crippen LogP contribution is 2.47. The largest absolute Gasteiger partial charge is 0.312 e. The predicted molar refractivity (Wildman–Crippen MR) is 101 cm³/mol. The van der Waals surface area contributed by atoms with E-state index in [9.17, 15) is 9.18 Å². The number of fused-ring (bicyclic) bond motifs is 3. The molecule has 2 aromatic heterocycles. The number of rotatable bonds is 3. The van der Waals surface area contributed by atoms with E-state index in [4.69, 9.17) is 4.98 Å². The zero-order valence-electron chi connectivity index (χ0n) is 14.5. The predicted octanol–water partition coefficient (Wildman–Crippen LogP) is 4.23. The maximum absolute atomic E-state index is 13.5. The molecule has 27 heavy (non-hydrogen) atoms. The Kier molecular flexibility index (Phi) is 2.85. The number of nitrogens with zero attached hydrogens (tertiary/aromatic N) is 3. The van der Waals surface area contributed by atoms with E-state index in [1.54, 1.807) is 22.8 Å². The lowest BCUT2D eigenvalue weighted by molar-refractivity contribution is 0.627. The lowest BCUT2D eigenvalue weighted by Crippen LogP contribution is -2.17. The van der Waals surface area contributed by atoms with Gasteiger partial charge in [0.2, 0.25) is 0 Å². The van der Waals surface area contributed by atoms with Gasteiger partial charge in [-0.1, -0.05) is 12.2 Å². The second-order valence-electron chi connectivity index (χ2n) is 7.39. The van der Waals surface area contributed by atoms with Gasteiger partial charge in [0.1, 0.15) is 11.6 Å². The molecule has 3 aliphatic rings. The molecule has 0 spiro atoms. The molecule has 0 saturated heterocycles. The number of imidazole rings is 1. The standard InChI is InChI=1S/C22H16FN3O/c23-15-2-4-17(5-3-15)26-21-18-11-13(18)1-8-19(21)24-22(26)14-9-10-25(16-6-7-16)20(27)12-14/h1-5,8-12,16,18H,6-7H2. The third kappa shape index (κ3) is 2.28. The Morgan fingerprint density at radius 3 is 2.63 bits per heavy atom. The molecule has 132 valence electrons. The first-order valence-corrected chi connectivity index (χ1v) is 9.20. The second-order valence-corrected chi connectivity index (χ2v) is 7.39. The van der Waals surface area contributed by atoms with Crippen molar-refractivity contribution in [3.8, 4) is 17.1 Å². The van der Waals surface area contributed by atoms with Gasteiger partial charge in [-0.3, -0.25) is 9.36 Å². The number of allylic oxidation sites excluding steroid dienone is 3. The van der Waals surface area contributed by atoms with Gasteiger partial charge in [-0.2, -0.15) is 0 Å². The van der Waals surface area contributed by atoms with Crippen LogP contribution in [0.2, 0.25) is 0 Å². The van der Waals surface area contributed by atoms with Gasteiger partial charge in [-0.25, -0.2) is 9.37 Å². The smallest absolute Gasteiger partial charge is 0.251 e. The molecular weight excluding hydrogens is 341 g/mol. The fourth-order valence-electron chi connectivity index (χ4n) is 3.91. The Morgan fingerprint density at radius 1 is 1.07 bits per heavy atom. The summed E-state index contributed by atoms with van der Waals surface area (Å²) in [5.41, 5.74) is 4.90. The molecule has 0 amide bonds. The van der Waals surface area contributed by atoms with Crippen LogP contribution < -0.4 is 5.56 Å². The van der Waals surface area contributed by atoms with E-state index in [1.807, 2.05) is 18.3 Å². The zero-order valence-corrected chi connectivity index (χ0v) is 14.5. The Balaban J connectivity index is 1.57. The summed E-state index contributed by atoms with van der Waals surface area (Å²) < 4.78 is 17.3. The number of benzene rings is 1. The minimum absolute atomic E-state index is 0.00223. The molecule has 0 bridgehead atoms. The molecular formula is C22H16FN3O. The van der Waals surface area contributed by atoms with Crippen LogP contribution in [0.4, 0.5) is 4.39 Å². The average molecular weight is 357 g/mol. The zero-order chi connectivity index (χ0) is 18.1. The highest BCUT2D eigenvalue weighted by molar-refractivity contribution is 5.73. The molecule has 6 rings (SSSR count). The SMILES string of the molecule is O=c1cc(-c2nc3c(n2-c2ccc(F)cc2)C2C=C2C=C3)ccn1C1CC1. The van der Waals surface area contributed by atoms with E-state index in [-0.39, 0.29) is 17.3 Å². The molecule has 0 aliphatic heterocycles. The lowest BCUT2D eigenvalue weighted by atomic mass is 10.1. The van der Waals surface area contributed by atoms with Crippen molar-refractivity contribution < 1.29 is 4.39 Å². The first-order chi connectivity index (χ1) is 13.2. The quantitative estimate of drug-likeness (QED) is 0.704. The summed E-state index contributed by atoms with van der Waals surface area (Å²) in [7, 11) is 0. The van der Waals surface area contributed by atoms with Crippen LogP contribution in [0.3, 0.4) is 0 Å². The fraction of sp³-hybridized carbons (Fsp3) is 0.182. The number of hydrogen-bond acceptors (Lipinski definition) is 2. The van der Waals surface area contributed by atoms with Gasteiger partial charge in [0.25, 0.3) is 5.56 Å². The first kappa shape index (κ1) is 14.9. The van der Waals surface area contributed by atoms with Crippen molar-refractivity contribution in [2.45, 2.75) is 24.8 Å². The van der Waals surface area contributed by atoms with Crippen molar-refractivity contribution in [2.24, 2.45) is 0 Å². The van der Waals surface area contributed by atoms with Gasteiger partial charge >= 0.3 is 0 Å². The van der Waals surface area contributed by atoms with Gasteiger partial charge < -0.3 is 4.57 Å². The number of aromatic nitrogens is 3. The Hall–Kier alpha value is -3.21. The van der Waals surface area contributed by atoms with Crippen LogP contribution in [0.25, 0.3) is 23.2 Å². The van der Waals surface area contributed by atoms with Crippen LogP contribution in [0.15, 0.2) is 65.1 Å². The maximum Gasteiger partial charge on any atom is 0.251 e. The third-order valence-electron chi connectivity index (χ3n) is 5.51. The summed E-state index contributed by atoms with van der Waals surface area (Å²) in [5.74, 6) is 0.701. The molecule has 3 aromatic rings. The van der Waals surface area contributed by atoms with E-state index in [2.05, 4.69) is 16.7 Å². The van der Waals surface area contributed by atoms with Gasteiger partial charge in [-0.05, 0) is 54.8 Å². The summed E-state index contributed by atoms with van der Waals surface area (Å²) in [6, 6.07) is 10.4. The van der Waals surface area contributed by atoms with E-state index < -0.39 is 0 Å². The molecule has 4 nitrogen and oxygen atoms in total. The monoisotopic (exact) mass is 357 g/mol. The minimum Gasteiger partial charge on any atom is -0.312 e. The van der Waals surface area contributed by atoms with Gasteiger partial charge in [-0.15, -0.1) is 0 Å². The van der Waals surface area contributed by atoms with Crippen LogP contribution >= 0.6 is 0 Å². The van der Waals surface area contributed by atoms with Gasteiger partial charge in [0.05, 0.1) is 11.4 Å². The van der Waals surface area contributed by atoms with Crippen LogP contribution in [-0.2, 0) is 0 Å². The molecule has 0 radical (unpaired) electrons. The molecule has 1 atom stereocenters. The molecule has 2 heterocycles. The summed E-state index contributed by atoms with van der Waals surface area (Å²) in [5, 5.41) is 0. The first-order valence-electron chi connectivity index (χ1n) is 9.20. The molecule has 0 N–H and O–H groups in total. The Labute approximate surface area is 154 Å². The van der Waals surface area contributed by atoms with E-state index in [1.165, 1.54) is 17.7 Å². The second kappa shape index (κ2) is 5.16. The molecule has 3 aliphatic carbocycles. The van der Waals surface area contributed by atoms with Crippen molar-refractivity contribution in [1.82, 2.24) is 14.1 Å². The van der Waals surface area contributed by atoms with Crippen LogP contribution in [0.1, 0.15) is 36.2 Å². The van der Waals surface area contributed by atoms with Crippen molar-refractivity contribution >= 4 is 6.08 Å². The lowest BCUT2D eigenvalue weighted by Gasteiger charge is -2.14. The van der Waals surface area contributed by atoms with Crippen LogP contribution in [0.5, 0.6) is 0 Å². The Morgan fingerprint density at radius 2 is 1.89 bits per heavy atom. The molecule has 1 fully saturated rings. The van der Waals surface area contributed by atoms with Crippen molar-refractivity contribution in [3.05, 3.63) is 87.9 Å². The highest BCUT2D eigenvalue weighted by Gasteiger charge is 2.35. The van der Waals surface area contributed by atoms with Crippen molar-refractivity contribution in [1.29, 1.82) is 0 Å². The molecule has 5 heteroatoms. The summed E-state index contributed by atoms with van der Waals surface area (Å²) in [6.07, 6.45) is 10.3. The molecule has 1 unspecified atom stereocenters. The number of pyridine rings is 1. The number of halogens is 1. The summed E-state index contributed by atoms with van der Waals surface area (Å²) >= 11 is 0. The van der Waals surface area contributed by atoms with Gasteiger partial charge in [0.15, 0.2) is 0 Å². The summed E-state index contributed by atoms with van der Waals surface area (Å²) in [6.45, 7) is 0. The molecule has 1 saturated carbocycles. The Bertz CT molecular complexity index is 1210. The average Bonchev–Trinajstić information content (AvgIpc) is 3.59. The van der Waals surface area contributed by atoms with Crippen molar-refractivity contribution in [3.63, 3.8) is 0 Å². The summed E-state index contributed by atoms with van der Waals surface area (Å²) in [4.78, 5) is 17.4. The van der Waals surface area contributed by atoms with Crippen LogP contribution in [-0.4, -0.2) is 14.1 Å². The topological polar surface area (TPSA) is 39.8 Å². The van der Waals surface area contributed by atoms with Crippen molar-refractivity contribution in [2.75, 3.05) is 0 Å². The minimum atomic E-state index is -0.272. The molecule has 1 aromatic carbocycles. The highest BCUT2D eigenvalue weighted by atomic mass is 19.1. The fourth-order valence-corrected chi connectivity index (χ4v) is 3.91. The number of hydrogen-bond donors (Lipinski definition) is 0. The maximum atomic E-state index is 13.5. The normalized spacial score (nSPS) is 19.4. The van der Waals surface area contributed by atoms with E-state index >= 15 is 0 Å². The van der Waals surface area contributed by atoms with E-state index in [0.29, 0.717) is 6.04 Å². The van der Waals surface area contributed by atoms with Crippen LogP contribution in [0, 0.1) is 5.82 Å². The third-order valence-corrected chi connectivity index (χ3v) is 5.51.